The topological polar surface area (TPSA) is 49.3 Å². The van der Waals surface area contributed by atoms with Crippen molar-refractivity contribution in [1.82, 2.24) is 5.32 Å². The van der Waals surface area contributed by atoms with Gasteiger partial charge in [-0.25, -0.2) is 0 Å². The van der Waals surface area contributed by atoms with E-state index in [4.69, 9.17) is 5.11 Å². The first kappa shape index (κ1) is 15.5. The molecule has 0 unspecified atom stereocenters. The van der Waals surface area contributed by atoms with Crippen molar-refractivity contribution in [2.45, 2.75) is 24.8 Å². The summed E-state index contributed by atoms with van der Waals surface area (Å²) in [6, 6.07) is 7.58. The van der Waals surface area contributed by atoms with Crippen LogP contribution in [0.15, 0.2) is 24.3 Å². The van der Waals surface area contributed by atoms with Crippen LogP contribution in [0.4, 0.5) is 0 Å². The zero-order chi connectivity index (χ0) is 11.3. The zero-order valence-electron chi connectivity index (χ0n) is 9.01. The van der Waals surface area contributed by atoms with E-state index in [0.717, 1.165) is 5.56 Å². The van der Waals surface area contributed by atoms with E-state index >= 15 is 0 Å². The summed E-state index contributed by atoms with van der Waals surface area (Å²) in [5.74, 6) is -0.803. The molecule has 0 saturated carbocycles. The second-order valence-electron chi connectivity index (χ2n) is 3.44. The Hall–Kier alpha value is -0.541. The Labute approximate surface area is 110 Å². The Bertz CT molecular complexity index is 329. The van der Waals surface area contributed by atoms with Gasteiger partial charge in [0.2, 0.25) is 0 Å². The molecule has 0 aliphatic rings. The van der Waals surface area contributed by atoms with Crippen molar-refractivity contribution < 1.29 is 9.90 Å². The molecule has 0 amide bonds. The van der Waals surface area contributed by atoms with Gasteiger partial charge >= 0.3 is 97.4 Å². The number of carboxylic acids is 1. The molecule has 16 heavy (non-hydrogen) atoms. The van der Waals surface area contributed by atoms with E-state index in [1.807, 2.05) is 31.2 Å². The fourth-order valence-electron chi connectivity index (χ4n) is 1.18. The number of carboxylic acid groups (broad SMARTS) is 1. The molecule has 0 fully saturated rings. The largest absolute Gasteiger partial charge is 0.147 e. The molecule has 3 nitrogen and oxygen atoms in total. The first-order valence-electron chi connectivity index (χ1n) is 4.76. The molecule has 1 aromatic carbocycles. The zero-order valence-corrected chi connectivity index (χ0v) is 11.7. The van der Waals surface area contributed by atoms with Gasteiger partial charge < -0.3 is 0 Å². The van der Waals surface area contributed by atoms with Gasteiger partial charge in [0.15, 0.2) is 0 Å². The van der Waals surface area contributed by atoms with Crippen molar-refractivity contribution in [1.29, 1.82) is 0 Å². The van der Waals surface area contributed by atoms with Crippen LogP contribution >= 0.6 is 12.4 Å². The number of aryl methyl sites for hydroxylation is 1. The smallest absolute Gasteiger partial charge is 0.147 e. The van der Waals surface area contributed by atoms with Gasteiger partial charge in [-0.2, -0.15) is 0 Å². The molecule has 1 atom stereocenters. The van der Waals surface area contributed by atoms with E-state index in [9.17, 15) is 4.79 Å². The summed E-state index contributed by atoms with van der Waals surface area (Å²) in [5.41, 5.74) is 2.31. The molecule has 0 saturated heterocycles. The fraction of sp³-hybridized carbons (Fsp3) is 0.364. The normalized spacial score (nSPS) is 11.6. The van der Waals surface area contributed by atoms with Gasteiger partial charge in [-0.3, -0.25) is 0 Å². The number of benzene rings is 1. The maximum Gasteiger partial charge on any atom is -0.147 e. The minimum Gasteiger partial charge on any atom is -0.147 e. The summed E-state index contributed by atoms with van der Waals surface area (Å²) < 4.78 is 0. The van der Waals surface area contributed by atoms with Gasteiger partial charge in [0.25, 0.3) is 0 Å². The summed E-state index contributed by atoms with van der Waals surface area (Å²) in [6.45, 7) is 2.62. The van der Waals surface area contributed by atoms with E-state index in [0.29, 0.717) is 11.9 Å². The second-order valence-corrected chi connectivity index (χ2v) is 4.21. The van der Waals surface area contributed by atoms with Gasteiger partial charge in [0.1, 0.15) is 0 Å². The molecule has 0 radical (unpaired) electrons. The van der Waals surface area contributed by atoms with Crippen LogP contribution in [0.1, 0.15) is 11.1 Å². The van der Waals surface area contributed by atoms with E-state index in [-0.39, 0.29) is 12.4 Å². The molecule has 2 N–H and O–H groups in total. The van der Waals surface area contributed by atoms with E-state index < -0.39 is 12.0 Å². The average Bonchev–Trinajstić information content (AvgIpc) is 2.21. The molecule has 0 aliphatic heterocycles. The van der Waals surface area contributed by atoms with Crippen LogP contribution in [-0.4, -0.2) is 33.1 Å². The maximum absolute atomic E-state index is 10.7. The molecule has 5 heteroatoms. The van der Waals surface area contributed by atoms with Crippen LogP contribution in [0.3, 0.4) is 0 Å². The minimum atomic E-state index is -0.803. The number of carbonyl (C=O) groups is 1. The van der Waals surface area contributed by atoms with Crippen molar-refractivity contribution in [2.75, 3.05) is 0 Å². The number of nitrogens with one attached hydrogen (secondary N) is 1. The Morgan fingerprint density at radius 1 is 1.44 bits per heavy atom. The van der Waals surface area contributed by atoms with Crippen LogP contribution in [0.2, 0.25) is 5.32 Å². The molecule has 0 aliphatic carbocycles. The van der Waals surface area contributed by atoms with Crippen molar-refractivity contribution in [3.63, 3.8) is 0 Å². The Balaban J connectivity index is 0.00000225. The maximum atomic E-state index is 10.7. The fourth-order valence-corrected chi connectivity index (χ4v) is 1.78. The van der Waals surface area contributed by atoms with Crippen LogP contribution in [0, 0.1) is 6.92 Å². The van der Waals surface area contributed by atoms with Crippen molar-refractivity contribution in [2.24, 2.45) is 0 Å². The predicted octanol–water partition coefficient (Wildman–Crippen LogP) is 1.28. The SMILES string of the molecule is Cc1ccc(CN[C@@H](C[SeH])C(=O)O)cc1.Cl. The number of halogens is 1. The summed E-state index contributed by atoms with van der Waals surface area (Å²) in [6.07, 6.45) is 0. The number of rotatable bonds is 5. The molecule has 90 valence electrons. The molecule has 0 aromatic heterocycles. The van der Waals surface area contributed by atoms with Crippen molar-refractivity contribution in [3.05, 3.63) is 35.4 Å². The summed E-state index contributed by atoms with van der Waals surface area (Å²) in [7, 11) is 0. The first-order valence-corrected chi connectivity index (χ1v) is 6.08. The van der Waals surface area contributed by atoms with E-state index in [2.05, 4.69) is 21.3 Å². The van der Waals surface area contributed by atoms with Crippen molar-refractivity contribution >= 4 is 34.4 Å². The summed E-state index contributed by atoms with van der Waals surface area (Å²) in [4.78, 5) is 10.7. The number of aliphatic carboxylic acids is 1. The third-order valence-corrected chi connectivity index (χ3v) is 2.92. The second kappa shape index (κ2) is 7.69. The standard InChI is InChI=1S/C11H15NO2Se.ClH/c1-8-2-4-9(5-3-8)6-12-10(7-15)11(13)14;/h2-5,10,12,15H,6-7H2,1H3,(H,13,14);1H/t10-;/m0./s1. The van der Waals surface area contributed by atoms with Crippen LogP contribution in [0.5, 0.6) is 0 Å². The van der Waals surface area contributed by atoms with Crippen molar-refractivity contribution in [3.8, 4) is 0 Å². The van der Waals surface area contributed by atoms with Gasteiger partial charge in [-0.05, 0) is 0 Å². The summed E-state index contributed by atoms with van der Waals surface area (Å²) in [5, 5.41) is 12.3. The molecule has 0 heterocycles. The number of hydrogen-bond acceptors (Lipinski definition) is 2. The Morgan fingerprint density at radius 3 is 2.44 bits per heavy atom. The molecule has 1 rings (SSSR count). The van der Waals surface area contributed by atoms with E-state index in [1.165, 1.54) is 5.56 Å². The molecular formula is C11H16ClNO2Se. The van der Waals surface area contributed by atoms with Gasteiger partial charge in [0.05, 0.1) is 0 Å². The van der Waals surface area contributed by atoms with Crippen LogP contribution in [0.25, 0.3) is 0 Å². The molecule has 1 aromatic rings. The Kier molecular flexibility index (Phi) is 7.43. The monoisotopic (exact) mass is 309 g/mol. The first-order chi connectivity index (χ1) is 7.13. The molecule has 0 spiro atoms. The number of hydrogen-bond donors (Lipinski definition) is 2. The van der Waals surface area contributed by atoms with Gasteiger partial charge in [-0.15, -0.1) is 12.4 Å². The average molecular weight is 309 g/mol. The third-order valence-electron chi connectivity index (χ3n) is 2.15. The minimum absolute atomic E-state index is 0. The third kappa shape index (κ3) is 4.99. The quantitative estimate of drug-likeness (QED) is 0.806. The predicted molar refractivity (Wildman–Crippen MR) is 68.6 cm³/mol. The Morgan fingerprint density at radius 2 is 2.00 bits per heavy atom. The van der Waals surface area contributed by atoms with Gasteiger partial charge in [-0.1, -0.05) is 0 Å². The summed E-state index contributed by atoms with van der Waals surface area (Å²) >= 11 is 2.29. The molecule has 0 bridgehead atoms. The van der Waals surface area contributed by atoms with Crippen LogP contribution in [-0.2, 0) is 11.3 Å². The van der Waals surface area contributed by atoms with E-state index in [1.54, 1.807) is 0 Å². The molecular weight excluding hydrogens is 293 g/mol. The van der Waals surface area contributed by atoms with Gasteiger partial charge in [0, 0.05) is 0 Å². The van der Waals surface area contributed by atoms with Crippen LogP contribution < -0.4 is 5.32 Å².